The molecule has 0 radical (unpaired) electrons. The highest BCUT2D eigenvalue weighted by atomic mass is 16.1. The summed E-state index contributed by atoms with van der Waals surface area (Å²) in [5.74, 6) is 3.39. The Morgan fingerprint density at radius 3 is 2.51 bits per heavy atom. The number of amides is 1. The van der Waals surface area contributed by atoms with Crippen molar-refractivity contribution in [1.29, 1.82) is 0 Å². The highest BCUT2D eigenvalue weighted by Crippen LogP contribution is 2.35. The van der Waals surface area contributed by atoms with Crippen LogP contribution in [0, 0.1) is 26.7 Å². The van der Waals surface area contributed by atoms with E-state index in [0.29, 0.717) is 0 Å². The minimum absolute atomic E-state index is 0.00702. The minimum atomic E-state index is -0.120. The van der Waals surface area contributed by atoms with E-state index in [0.717, 1.165) is 71.5 Å². The van der Waals surface area contributed by atoms with Gasteiger partial charge in [-0.2, -0.15) is 10.2 Å². The van der Waals surface area contributed by atoms with Gasteiger partial charge in [-0.25, -0.2) is 19.6 Å². The molecular formula is C27H33N9O. The molecule has 4 heterocycles. The summed E-state index contributed by atoms with van der Waals surface area (Å²) in [5.41, 5.74) is 3.94. The summed E-state index contributed by atoms with van der Waals surface area (Å²) in [6, 6.07) is 7.66. The van der Waals surface area contributed by atoms with Crippen molar-refractivity contribution in [3.05, 3.63) is 71.2 Å². The molecule has 0 saturated heterocycles. The van der Waals surface area contributed by atoms with E-state index in [-0.39, 0.29) is 23.8 Å². The van der Waals surface area contributed by atoms with Crippen LogP contribution in [-0.2, 0) is 4.79 Å². The van der Waals surface area contributed by atoms with Crippen molar-refractivity contribution in [3.63, 3.8) is 0 Å². The largest absolute Gasteiger partial charge is 0.349 e. The maximum atomic E-state index is 13.0. The standard InChI is InChI=1S/C27H33N9O/c1-16-13-29-36(15-16)25-10-9-22(14-28-25)19(4)31-27(37)21-7-5-20(6-8-21)26-30-17(2)11-23(33-26)32-24-12-18(3)34-35-24/h9-15,19-21H,5-8H2,1-4H3,(H,31,37)(H2,30,32,33,34,35)/t19-,20?,21?/m0/s1. The number of hydrogen-bond acceptors (Lipinski definition) is 7. The Morgan fingerprint density at radius 2 is 1.86 bits per heavy atom. The van der Waals surface area contributed by atoms with E-state index in [9.17, 15) is 4.79 Å². The van der Waals surface area contributed by atoms with Gasteiger partial charge in [-0.1, -0.05) is 6.07 Å². The number of anilines is 2. The monoisotopic (exact) mass is 499 g/mol. The lowest BCUT2D eigenvalue weighted by atomic mass is 9.81. The summed E-state index contributed by atoms with van der Waals surface area (Å²) in [4.78, 5) is 27.0. The molecule has 0 aromatic carbocycles. The van der Waals surface area contributed by atoms with Crippen molar-refractivity contribution in [2.24, 2.45) is 5.92 Å². The number of H-pyrrole nitrogens is 1. The number of aromatic amines is 1. The zero-order valence-corrected chi connectivity index (χ0v) is 21.7. The molecule has 1 amide bonds. The first-order valence-electron chi connectivity index (χ1n) is 12.8. The molecule has 0 aliphatic heterocycles. The van der Waals surface area contributed by atoms with Gasteiger partial charge in [-0.3, -0.25) is 9.89 Å². The zero-order chi connectivity index (χ0) is 25.9. The van der Waals surface area contributed by atoms with Crippen molar-refractivity contribution in [3.8, 4) is 5.82 Å². The van der Waals surface area contributed by atoms with Crippen LogP contribution in [0.2, 0.25) is 0 Å². The van der Waals surface area contributed by atoms with Crippen LogP contribution in [0.4, 0.5) is 11.6 Å². The third-order valence-corrected chi connectivity index (χ3v) is 6.87. The van der Waals surface area contributed by atoms with E-state index in [2.05, 4.69) is 30.9 Å². The van der Waals surface area contributed by atoms with Gasteiger partial charge in [-0.15, -0.1) is 0 Å². The average molecular weight is 500 g/mol. The minimum Gasteiger partial charge on any atom is -0.349 e. The van der Waals surface area contributed by atoms with Gasteiger partial charge < -0.3 is 10.6 Å². The van der Waals surface area contributed by atoms with Gasteiger partial charge >= 0.3 is 0 Å². The fourth-order valence-corrected chi connectivity index (χ4v) is 4.81. The predicted octanol–water partition coefficient (Wildman–Crippen LogP) is 4.60. The maximum Gasteiger partial charge on any atom is 0.223 e. The zero-order valence-electron chi connectivity index (χ0n) is 21.7. The Bertz CT molecular complexity index is 1370. The summed E-state index contributed by atoms with van der Waals surface area (Å²) >= 11 is 0. The second-order valence-electron chi connectivity index (χ2n) is 10.0. The van der Waals surface area contributed by atoms with Crippen LogP contribution in [-0.4, -0.2) is 40.8 Å². The van der Waals surface area contributed by atoms with Crippen molar-refractivity contribution in [2.75, 3.05) is 5.32 Å². The smallest absolute Gasteiger partial charge is 0.223 e. The number of aromatic nitrogens is 7. The van der Waals surface area contributed by atoms with Crippen LogP contribution >= 0.6 is 0 Å². The third kappa shape index (κ3) is 5.84. The molecule has 5 rings (SSSR count). The molecule has 4 aromatic heterocycles. The van der Waals surface area contributed by atoms with Gasteiger partial charge in [0.25, 0.3) is 0 Å². The molecule has 1 aliphatic rings. The lowest BCUT2D eigenvalue weighted by Crippen LogP contribution is -2.34. The van der Waals surface area contributed by atoms with Gasteiger partial charge in [0.2, 0.25) is 5.91 Å². The molecule has 0 unspecified atom stereocenters. The maximum absolute atomic E-state index is 13.0. The van der Waals surface area contributed by atoms with Gasteiger partial charge in [0, 0.05) is 47.8 Å². The molecule has 192 valence electrons. The molecular weight excluding hydrogens is 466 g/mol. The fraction of sp³-hybridized carbons (Fsp3) is 0.407. The molecule has 1 aliphatic carbocycles. The number of aryl methyl sites for hydroxylation is 3. The Kier molecular flexibility index (Phi) is 6.98. The number of pyridine rings is 1. The van der Waals surface area contributed by atoms with E-state index in [1.165, 1.54) is 0 Å². The number of nitrogens with zero attached hydrogens (tertiary/aromatic N) is 6. The quantitative estimate of drug-likeness (QED) is 0.339. The topological polar surface area (TPSA) is 126 Å². The lowest BCUT2D eigenvalue weighted by Gasteiger charge is -2.28. The lowest BCUT2D eigenvalue weighted by molar-refractivity contribution is -0.126. The van der Waals surface area contributed by atoms with Crippen LogP contribution < -0.4 is 10.6 Å². The van der Waals surface area contributed by atoms with Gasteiger partial charge in [0.1, 0.15) is 11.6 Å². The van der Waals surface area contributed by atoms with Crippen LogP contribution in [0.1, 0.15) is 72.9 Å². The van der Waals surface area contributed by atoms with Crippen molar-refractivity contribution in [1.82, 2.24) is 40.2 Å². The van der Waals surface area contributed by atoms with Crippen molar-refractivity contribution >= 4 is 17.5 Å². The molecule has 1 atom stereocenters. The highest BCUT2D eigenvalue weighted by Gasteiger charge is 2.29. The molecule has 1 saturated carbocycles. The van der Waals surface area contributed by atoms with Crippen molar-refractivity contribution < 1.29 is 4.79 Å². The van der Waals surface area contributed by atoms with Gasteiger partial charge in [0.05, 0.1) is 12.2 Å². The summed E-state index contributed by atoms with van der Waals surface area (Å²) < 4.78 is 1.75. The molecule has 0 spiro atoms. The molecule has 4 aromatic rings. The second-order valence-corrected chi connectivity index (χ2v) is 10.0. The van der Waals surface area contributed by atoms with Crippen LogP contribution in [0.25, 0.3) is 5.82 Å². The molecule has 0 bridgehead atoms. The highest BCUT2D eigenvalue weighted by molar-refractivity contribution is 5.79. The third-order valence-electron chi connectivity index (χ3n) is 6.87. The number of nitrogens with one attached hydrogen (secondary N) is 3. The summed E-state index contributed by atoms with van der Waals surface area (Å²) in [6.45, 7) is 7.92. The van der Waals surface area contributed by atoms with E-state index >= 15 is 0 Å². The normalized spacial score (nSPS) is 18.4. The first-order valence-corrected chi connectivity index (χ1v) is 12.8. The van der Waals surface area contributed by atoms with Crippen LogP contribution in [0.5, 0.6) is 0 Å². The number of hydrogen-bond donors (Lipinski definition) is 3. The molecule has 37 heavy (non-hydrogen) atoms. The Labute approximate surface area is 216 Å². The first-order chi connectivity index (χ1) is 17.8. The molecule has 3 N–H and O–H groups in total. The Morgan fingerprint density at radius 1 is 1.05 bits per heavy atom. The van der Waals surface area contributed by atoms with Crippen LogP contribution in [0.15, 0.2) is 42.9 Å². The average Bonchev–Trinajstić information content (AvgIpc) is 3.51. The number of carbonyl (C=O) groups excluding carboxylic acids is 1. The number of rotatable bonds is 7. The summed E-state index contributed by atoms with van der Waals surface area (Å²) in [6.07, 6.45) is 8.94. The van der Waals surface area contributed by atoms with E-state index in [1.54, 1.807) is 17.1 Å². The first kappa shape index (κ1) is 24.6. The summed E-state index contributed by atoms with van der Waals surface area (Å²) in [5, 5.41) is 17.9. The Hall–Kier alpha value is -4.08. The van der Waals surface area contributed by atoms with E-state index in [4.69, 9.17) is 9.97 Å². The Balaban J connectivity index is 1.16. The van der Waals surface area contributed by atoms with E-state index < -0.39 is 0 Å². The second kappa shape index (κ2) is 10.5. The predicted molar refractivity (Wildman–Crippen MR) is 141 cm³/mol. The fourth-order valence-electron chi connectivity index (χ4n) is 4.81. The van der Waals surface area contributed by atoms with E-state index in [1.807, 2.05) is 58.2 Å². The van der Waals surface area contributed by atoms with Gasteiger partial charge in [0.15, 0.2) is 11.6 Å². The molecule has 10 nitrogen and oxygen atoms in total. The van der Waals surface area contributed by atoms with Crippen molar-refractivity contribution in [2.45, 2.75) is 65.3 Å². The van der Waals surface area contributed by atoms with Gasteiger partial charge in [-0.05, 0) is 70.6 Å². The SMILES string of the molecule is Cc1cnn(-c2ccc([C@H](C)NC(=O)C3CCC(c4nc(C)cc(Nc5cc(C)[nH]n5)n4)CC3)cn2)c1. The van der Waals surface area contributed by atoms with Crippen LogP contribution in [0.3, 0.4) is 0 Å². The molecule has 1 fully saturated rings. The molecule has 10 heteroatoms. The number of carbonyl (C=O) groups is 1. The summed E-state index contributed by atoms with van der Waals surface area (Å²) in [7, 11) is 0.